The molecule has 1 aromatic carbocycles. The molecule has 1 aliphatic heterocycles. The fourth-order valence-corrected chi connectivity index (χ4v) is 3.65. The number of carbonyl (C=O) groups excluding carboxylic acids is 2. The Morgan fingerprint density at radius 3 is 2.62 bits per heavy atom. The SMILES string of the molecule is O=C(C1=C(O)C(=O)N(CCO)C1c1ccccc1[N+](=O)[O-])c1cccs1. The van der Waals surface area contributed by atoms with Gasteiger partial charge in [0.25, 0.3) is 11.6 Å². The number of nitro benzene ring substituents is 1. The molecule has 0 saturated heterocycles. The third kappa shape index (κ3) is 2.87. The molecule has 0 bridgehead atoms. The number of ketones is 1. The number of benzene rings is 1. The molecule has 0 fully saturated rings. The van der Waals surface area contributed by atoms with Gasteiger partial charge in [0.2, 0.25) is 5.78 Å². The molecule has 1 unspecified atom stereocenters. The highest BCUT2D eigenvalue weighted by Gasteiger charge is 2.45. The van der Waals surface area contributed by atoms with Crippen LogP contribution < -0.4 is 0 Å². The van der Waals surface area contributed by atoms with Gasteiger partial charge in [-0.05, 0) is 17.5 Å². The second-order valence-corrected chi connectivity index (χ2v) is 6.46. The molecule has 8 nitrogen and oxygen atoms in total. The molecule has 1 aromatic heterocycles. The Hall–Kier alpha value is -3.04. The summed E-state index contributed by atoms with van der Waals surface area (Å²) in [7, 11) is 0. The van der Waals surface area contributed by atoms with Crippen molar-refractivity contribution in [3.8, 4) is 0 Å². The number of Topliss-reactive ketones (excluding diaryl/α,β-unsaturated/α-hetero) is 1. The summed E-state index contributed by atoms with van der Waals surface area (Å²) in [4.78, 5) is 37.5. The zero-order valence-electron chi connectivity index (χ0n) is 13.4. The maximum Gasteiger partial charge on any atom is 0.290 e. The number of para-hydroxylation sites is 1. The summed E-state index contributed by atoms with van der Waals surface area (Å²) in [5, 5.41) is 32.7. The first-order valence-electron chi connectivity index (χ1n) is 7.63. The Kier molecular flexibility index (Phi) is 4.83. The van der Waals surface area contributed by atoms with Gasteiger partial charge >= 0.3 is 0 Å². The third-order valence-corrected chi connectivity index (χ3v) is 4.93. The van der Waals surface area contributed by atoms with Gasteiger partial charge in [-0.25, -0.2) is 0 Å². The first-order chi connectivity index (χ1) is 12.5. The van der Waals surface area contributed by atoms with Gasteiger partial charge in [0, 0.05) is 12.6 Å². The van der Waals surface area contributed by atoms with E-state index >= 15 is 0 Å². The van der Waals surface area contributed by atoms with Gasteiger partial charge in [0.05, 0.1) is 33.6 Å². The lowest BCUT2D eigenvalue weighted by atomic mass is 9.94. The molecule has 1 atom stereocenters. The number of nitrogens with zero attached hydrogens (tertiary/aromatic N) is 2. The van der Waals surface area contributed by atoms with Crippen LogP contribution in [-0.4, -0.2) is 44.9 Å². The number of nitro groups is 1. The second-order valence-electron chi connectivity index (χ2n) is 5.51. The van der Waals surface area contributed by atoms with Gasteiger partial charge in [-0.3, -0.25) is 19.7 Å². The standard InChI is InChI=1S/C17H14N2O6S/c20-8-7-18-14(10-4-1-2-5-11(10)19(24)25)13(16(22)17(18)23)15(21)12-6-3-9-26-12/h1-6,9,14,20,22H,7-8H2. The molecular weight excluding hydrogens is 360 g/mol. The molecule has 134 valence electrons. The Morgan fingerprint density at radius 1 is 1.27 bits per heavy atom. The van der Waals surface area contributed by atoms with Crippen LogP contribution in [0.4, 0.5) is 5.69 Å². The summed E-state index contributed by atoms with van der Waals surface area (Å²) < 4.78 is 0. The predicted molar refractivity (Wildman–Crippen MR) is 92.9 cm³/mol. The van der Waals surface area contributed by atoms with E-state index in [1.165, 1.54) is 18.2 Å². The lowest BCUT2D eigenvalue weighted by Crippen LogP contribution is -2.33. The zero-order valence-corrected chi connectivity index (χ0v) is 14.2. The molecule has 0 radical (unpaired) electrons. The number of aliphatic hydroxyl groups excluding tert-OH is 2. The molecule has 9 heteroatoms. The Balaban J connectivity index is 2.19. The van der Waals surface area contributed by atoms with E-state index in [0.717, 1.165) is 16.2 Å². The van der Waals surface area contributed by atoms with Crippen molar-refractivity contribution in [3.63, 3.8) is 0 Å². The van der Waals surface area contributed by atoms with Crippen molar-refractivity contribution in [3.05, 3.63) is 73.7 Å². The summed E-state index contributed by atoms with van der Waals surface area (Å²) >= 11 is 1.14. The van der Waals surface area contributed by atoms with E-state index in [4.69, 9.17) is 0 Å². The monoisotopic (exact) mass is 374 g/mol. The van der Waals surface area contributed by atoms with Crippen LogP contribution in [0.3, 0.4) is 0 Å². The van der Waals surface area contributed by atoms with Gasteiger partial charge in [0.15, 0.2) is 5.76 Å². The number of aliphatic hydroxyl groups is 2. The Labute approximate surface area is 151 Å². The maximum absolute atomic E-state index is 12.9. The van der Waals surface area contributed by atoms with E-state index in [1.54, 1.807) is 23.6 Å². The van der Waals surface area contributed by atoms with E-state index in [9.17, 15) is 29.9 Å². The molecule has 2 aromatic rings. The highest BCUT2D eigenvalue weighted by Crippen LogP contribution is 2.42. The van der Waals surface area contributed by atoms with E-state index in [1.807, 2.05) is 0 Å². The topological polar surface area (TPSA) is 121 Å². The summed E-state index contributed by atoms with van der Waals surface area (Å²) in [5.41, 5.74) is -0.400. The van der Waals surface area contributed by atoms with Crippen LogP contribution in [-0.2, 0) is 4.79 Å². The lowest BCUT2D eigenvalue weighted by Gasteiger charge is -2.25. The largest absolute Gasteiger partial charge is 0.503 e. The molecule has 1 amide bonds. The first-order valence-corrected chi connectivity index (χ1v) is 8.51. The molecule has 0 spiro atoms. The van der Waals surface area contributed by atoms with Gasteiger partial charge < -0.3 is 15.1 Å². The second kappa shape index (κ2) is 7.06. The average molecular weight is 374 g/mol. The minimum absolute atomic E-state index is 0.100. The maximum atomic E-state index is 12.9. The number of thiophene rings is 1. The highest BCUT2D eigenvalue weighted by molar-refractivity contribution is 7.12. The van der Waals surface area contributed by atoms with Crippen LogP contribution in [0.5, 0.6) is 0 Å². The van der Waals surface area contributed by atoms with Gasteiger partial charge in [-0.15, -0.1) is 11.3 Å². The van der Waals surface area contributed by atoms with Gasteiger partial charge in [0.1, 0.15) is 0 Å². The number of rotatable bonds is 6. The summed E-state index contributed by atoms with van der Waals surface area (Å²) in [6.07, 6.45) is 0. The highest BCUT2D eigenvalue weighted by atomic mass is 32.1. The number of carbonyl (C=O) groups is 2. The van der Waals surface area contributed by atoms with Crippen LogP contribution in [0.2, 0.25) is 0 Å². The fourth-order valence-electron chi connectivity index (χ4n) is 2.97. The third-order valence-electron chi connectivity index (χ3n) is 4.06. The number of amides is 1. The first kappa shape index (κ1) is 17.8. The van der Waals surface area contributed by atoms with Gasteiger partial charge in [-0.1, -0.05) is 18.2 Å². The van der Waals surface area contributed by atoms with Crippen LogP contribution in [0, 0.1) is 10.1 Å². The van der Waals surface area contributed by atoms with Crippen molar-refractivity contribution in [1.82, 2.24) is 4.90 Å². The van der Waals surface area contributed by atoms with Crippen LogP contribution in [0.1, 0.15) is 21.3 Å². The number of β-amino-alcohol motifs (C(OH)–C–C–N with tert-alkyl or cyclic N) is 1. The fraction of sp³-hybridized carbons (Fsp3) is 0.176. The van der Waals surface area contributed by atoms with Crippen molar-refractivity contribution < 1.29 is 24.7 Å². The average Bonchev–Trinajstić information content (AvgIpc) is 3.24. The zero-order chi connectivity index (χ0) is 18.8. The number of hydrogen-bond donors (Lipinski definition) is 2. The quantitative estimate of drug-likeness (QED) is 0.454. The molecular formula is C17H14N2O6S. The summed E-state index contributed by atoms with van der Waals surface area (Å²) in [6, 6.07) is 7.76. The van der Waals surface area contributed by atoms with Gasteiger partial charge in [-0.2, -0.15) is 0 Å². The molecule has 3 rings (SSSR count). The molecule has 1 aliphatic rings. The van der Waals surface area contributed by atoms with E-state index in [2.05, 4.69) is 0 Å². The van der Waals surface area contributed by atoms with Crippen molar-refractivity contribution in [2.75, 3.05) is 13.2 Å². The smallest absolute Gasteiger partial charge is 0.290 e. The Bertz CT molecular complexity index is 906. The minimum atomic E-state index is -1.15. The van der Waals surface area contributed by atoms with Crippen molar-refractivity contribution >= 4 is 28.7 Å². The summed E-state index contributed by atoms with van der Waals surface area (Å²) in [5.74, 6) is -2.17. The van der Waals surface area contributed by atoms with Crippen molar-refractivity contribution in [2.45, 2.75) is 6.04 Å². The van der Waals surface area contributed by atoms with Crippen molar-refractivity contribution in [1.29, 1.82) is 0 Å². The molecule has 2 heterocycles. The number of hydrogen-bond acceptors (Lipinski definition) is 7. The molecule has 2 N–H and O–H groups in total. The van der Waals surface area contributed by atoms with Crippen LogP contribution >= 0.6 is 11.3 Å². The normalized spacial score (nSPS) is 17.0. The van der Waals surface area contributed by atoms with E-state index in [0.29, 0.717) is 4.88 Å². The minimum Gasteiger partial charge on any atom is -0.503 e. The Morgan fingerprint density at radius 2 is 2.00 bits per heavy atom. The molecule has 0 aliphatic carbocycles. The van der Waals surface area contributed by atoms with Crippen molar-refractivity contribution in [2.24, 2.45) is 0 Å². The lowest BCUT2D eigenvalue weighted by molar-refractivity contribution is -0.385. The predicted octanol–water partition coefficient (Wildman–Crippen LogP) is 2.23. The van der Waals surface area contributed by atoms with E-state index < -0.39 is 35.0 Å². The summed E-state index contributed by atoms with van der Waals surface area (Å²) in [6.45, 7) is -0.600. The van der Waals surface area contributed by atoms with Crippen LogP contribution in [0.25, 0.3) is 0 Å². The van der Waals surface area contributed by atoms with Crippen LogP contribution in [0.15, 0.2) is 53.1 Å². The van der Waals surface area contributed by atoms with E-state index in [-0.39, 0.29) is 23.4 Å². The molecule has 26 heavy (non-hydrogen) atoms. The molecule has 0 saturated carbocycles.